The van der Waals surface area contributed by atoms with Crippen LogP contribution in [-0.4, -0.2) is 42.6 Å². The molecular formula is C24H30ClN3O2. The van der Waals surface area contributed by atoms with Crippen LogP contribution in [0.25, 0.3) is 0 Å². The summed E-state index contributed by atoms with van der Waals surface area (Å²) in [7, 11) is 1.46. The second-order valence-corrected chi connectivity index (χ2v) is 8.06. The standard InChI is InChI=1S/C24H30ClN3O2/c1-4-28-17(2)22(23(29)30-3)21(14-13-18-9-6-5-7-10-18)27-24(28)26-16-19-11-8-12-20(25)15-19/h5-12,15,17,21-22H,4,13-14,16H2,1-3H3,(H,26,27). The van der Waals surface area contributed by atoms with Crippen LogP contribution < -0.4 is 5.32 Å². The fourth-order valence-corrected chi connectivity index (χ4v) is 4.37. The number of aliphatic imine (C=N–C) groups is 1. The molecule has 3 rings (SSSR count). The summed E-state index contributed by atoms with van der Waals surface area (Å²) in [4.78, 5) is 19.6. The number of aryl methyl sites for hydroxylation is 1. The maximum atomic E-state index is 12.6. The molecule has 1 aliphatic heterocycles. The summed E-state index contributed by atoms with van der Waals surface area (Å²) in [5.41, 5.74) is 2.31. The fraction of sp³-hybridized carbons (Fsp3) is 0.417. The van der Waals surface area contributed by atoms with Crippen molar-refractivity contribution in [3.63, 3.8) is 0 Å². The number of carbonyl (C=O) groups is 1. The van der Waals surface area contributed by atoms with E-state index in [0.29, 0.717) is 11.6 Å². The van der Waals surface area contributed by atoms with Crippen LogP contribution >= 0.6 is 11.6 Å². The third kappa shape index (κ3) is 5.33. The first-order chi connectivity index (χ1) is 14.5. The minimum absolute atomic E-state index is 0.0115. The summed E-state index contributed by atoms with van der Waals surface area (Å²) in [6.45, 7) is 5.43. The minimum Gasteiger partial charge on any atom is -0.469 e. The smallest absolute Gasteiger partial charge is 0.312 e. The van der Waals surface area contributed by atoms with E-state index in [-0.39, 0.29) is 24.0 Å². The molecule has 2 aromatic carbocycles. The first-order valence-corrected chi connectivity index (χ1v) is 10.8. The van der Waals surface area contributed by atoms with Gasteiger partial charge in [-0.1, -0.05) is 54.1 Å². The van der Waals surface area contributed by atoms with Crippen molar-refractivity contribution in [2.45, 2.75) is 45.3 Å². The Morgan fingerprint density at radius 3 is 2.57 bits per heavy atom. The highest BCUT2D eigenvalue weighted by Gasteiger charge is 2.42. The van der Waals surface area contributed by atoms with Crippen LogP contribution in [0.5, 0.6) is 0 Å². The zero-order valence-electron chi connectivity index (χ0n) is 17.8. The topological polar surface area (TPSA) is 53.9 Å². The van der Waals surface area contributed by atoms with Gasteiger partial charge in [0.1, 0.15) is 0 Å². The molecule has 30 heavy (non-hydrogen) atoms. The van der Waals surface area contributed by atoms with Crippen LogP contribution in [0, 0.1) is 5.92 Å². The van der Waals surface area contributed by atoms with E-state index in [1.165, 1.54) is 12.7 Å². The lowest BCUT2D eigenvalue weighted by atomic mass is 9.85. The fourth-order valence-electron chi connectivity index (χ4n) is 4.15. The minimum atomic E-state index is -0.260. The van der Waals surface area contributed by atoms with Crippen molar-refractivity contribution in [2.75, 3.05) is 13.7 Å². The van der Waals surface area contributed by atoms with Gasteiger partial charge in [-0.2, -0.15) is 0 Å². The summed E-state index contributed by atoms with van der Waals surface area (Å²) in [6, 6.07) is 18.0. The van der Waals surface area contributed by atoms with Crippen LogP contribution in [-0.2, 0) is 22.5 Å². The third-order valence-corrected chi connectivity index (χ3v) is 5.97. The molecule has 0 aliphatic carbocycles. The highest BCUT2D eigenvalue weighted by Crippen LogP contribution is 2.26. The molecule has 3 unspecified atom stereocenters. The zero-order chi connectivity index (χ0) is 21.5. The van der Waals surface area contributed by atoms with E-state index in [9.17, 15) is 4.79 Å². The summed E-state index contributed by atoms with van der Waals surface area (Å²) in [5.74, 6) is 0.382. The summed E-state index contributed by atoms with van der Waals surface area (Å²) >= 11 is 6.11. The van der Waals surface area contributed by atoms with E-state index in [0.717, 1.165) is 30.9 Å². The van der Waals surface area contributed by atoms with Crippen molar-refractivity contribution in [1.29, 1.82) is 0 Å². The number of ether oxygens (including phenoxy) is 1. The molecule has 0 aromatic heterocycles. The molecule has 0 bridgehead atoms. The Labute approximate surface area is 184 Å². The van der Waals surface area contributed by atoms with Gasteiger partial charge < -0.3 is 15.0 Å². The molecule has 3 atom stereocenters. The number of benzene rings is 2. The van der Waals surface area contributed by atoms with E-state index in [1.54, 1.807) is 0 Å². The van der Waals surface area contributed by atoms with Gasteiger partial charge in [0.25, 0.3) is 0 Å². The van der Waals surface area contributed by atoms with Gasteiger partial charge in [-0.25, -0.2) is 4.99 Å². The van der Waals surface area contributed by atoms with Crippen LogP contribution in [0.4, 0.5) is 0 Å². The average molecular weight is 428 g/mol. The number of hydrogen-bond acceptors (Lipinski definition) is 3. The SMILES string of the molecule is CCN1C(=NCc2cccc(Cl)c2)NC(CCc2ccccc2)C(C(=O)OC)C1C. The molecule has 160 valence electrons. The quantitative estimate of drug-likeness (QED) is 0.669. The number of nitrogens with zero attached hydrogens (tertiary/aromatic N) is 2. The maximum Gasteiger partial charge on any atom is 0.312 e. The second-order valence-electron chi connectivity index (χ2n) is 7.62. The Bertz CT molecular complexity index is 872. The van der Waals surface area contributed by atoms with Crippen molar-refractivity contribution in [3.05, 3.63) is 70.7 Å². The molecule has 0 amide bonds. The van der Waals surface area contributed by atoms with Crippen molar-refractivity contribution in [3.8, 4) is 0 Å². The molecule has 0 saturated carbocycles. The Kier molecular flexibility index (Phi) is 7.75. The predicted octanol–water partition coefficient (Wildman–Crippen LogP) is 4.30. The van der Waals surface area contributed by atoms with Gasteiger partial charge in [-0.15, -0.1) is 0 Å². The van der Waals surface area contributed by atoms with Gasteiger partial charge in [-0.3, -0.25) is 4.79 Å². The first kappa shape index (κ1) is 22.2. The van der Waals surface area contributed by atoms with Crippen molar-refractivity contribution in [1.82, 2.24) is 10.2 Å². The Hall–Kier alpha value is -2.53. The number of nitrogens with one attached hydrogen (secondary N) is 1. The summed E-state index contributed by atoms with van der Waals surface area (Å²) < 4.78 is 5.15. The van der Waals surface area contributed by atoms with Gasteiger partial charge >= 0.3 is 5.97 Å². The molecular weight excluding hydrogens is 398 g/mol. The molecule has 1 saturated heterocycles. The summed E-state index contributed by atoms with van der Waals surface area (Å²) in [5, 5.41) is 4.25. The number of hydrogen-bond donors (Lipinski definition) is 1. The number of guanidine groups is 1. The number of halogens is 1. The van der Waals surface area contributed by atoms with Gasteiger partial charge in [0.2, 0.25) is 0 Å². The van der Waals surface area contributed by atoms with Crippen LogP contribution in [0.15, 0.2) is 59.6 Å². The highest BCUT2D eigenvalue weighted by molar-refractivity contribution is 6.30. The summed E-state index contributed by atoms with van der Waals surface area (Å²) in [6.07, 6.45) is 1.70. The van der Waals surface area contributed by atoms with Crippen LogP contribution in [0.3, 0.4) is 0 Å². The van der Waals surface area contributed by atoms with Crippen molar-refractivity contribution >= 4 is 23.5 Å². The van der Waals surface area contributed by atoms with Crippen LogP contribution in [0.1, 0.15) is 31.4 Å². The molecule has 0 spiro atoms. The van der Waals surface area contributed by atoms with Crippen LogP contribution in [0.2, 0.25) is 5.02 Å². The van der Waals surface area contributed by atoms with Crippen molar-refractivity contribution in [2.24, 2.45) is 10.9 Å². The molecule has 1 fully saturated rings. The number of esters is 1. The number of rotatable bonds is 7. The predicted molar refractivity (Wildman–Crippen MR) is 122 cm³/mol. The average Bonchev–Trinajstić information content (AvgIpc) is 2.76. The molecule has 1 N–H and O–H groups in total. The lowest BCUT2D eigenvalue weighted by Gasteiger charge is -2.45. The first-order valence-electron chi connectivity index (χ1n) is 10.5. The number of carbonyl (C=O) groups excluding carboxylic acids is 1. The molecule has 1 heterocycles. The Morgan fingerprint density at radius 2 is 1.90 bits per heavy atom. The van der Waals surface area contributed by atoms with E-state index >= 15 is 0 Å². The van der Waals surface area contributed by atoms with E-state index in [1.807, 2.05) is 42.5 Å². The van der Waals surface area contributed by atoms with E-state index in [4.69, 9.17) is 21.3 Å². The van der Waals surface area contributed by atoms with Gasteiger partial charge in [0, 0.05) is 23.7 Å². The molecule has 2 aromatic rings. The maximum absolute atomic E-state index is 12.6. The van der Waals surface area contributed by atoms with Gasteiger partial charge in [0.15, 0.2) is 5.96 Å². The van der Waals surface area contributed by atoms with Crippen molar-refractivity contribution < 1.29 is 9.53 Å². The molecule has 1 aliphatic rings. The Balaban J connectivity index is 1.82. The number of methoxy groups -OCH3 is 1. The highest BCUT2D eigenvalue weighted by atomic mass is 35.5. The molecule has 6 heteroatoms. The van der Waals surface area contributed by atoms with Gasteiger partial charge in [0.05, 0.1) is 19.6 Å². The third-order valence-electron chi connectivity index (χ3n) is 5.73. The monoisotopic (exact) mass is 427 g/mol. The largest absolute Gasteiger partial charge is 0.469 e. The van der Waals surface area contributed by atoms with E-state index < -0.39 is 0 Å². The molecule has 0 radical (unpaired) electrons. The lowest BCUT2D eigenvalue weighted by Crippen LogP contribution is -2.63. The van der Waals surface area contributed by atoms with E-state index in [2.05, 4.69) is 36.2 Å². The Morgan fingerprint density at radius 1 is 1.17 bits per heavy atom. The van der Waals surface area contributed by atoms with Gasteiger partial charge in [-0.05, 0) is 49.9 Å². The second kappa shape index (κ2) is 10.5. The normalized spacial score (nSPS) is 22.6. The lowest BCUT2D eigenvalue weighted by molar-refractivity contribution is -0.149. The zero-order valence-corrected chi connectivity index (χ0v) is 18.6. The molecule has 5 nitrogen and oxygen atoms in total.